The van der Waals surface area contributed by atoms with Gasteiger partial charge in [0.05, 0.1) is 11.0 Å². The molecule has 1 fully saturated rings. The summed E-state index contributed by atoms with van der Waals surface area (Å²) in [6.07, 6.45) is 2.34. The first kappa shape index (κ1) is 11.7. The first-order valence-electron chi connectivity index (χ1n) is 6.66. The maximum atomic E-state index is 5.98. The van der Waals surface area contributed by atoms with Gasteiger partial charge in [0, 0.05) is 17.5 Å². The van der Waals surface area contributed by atoms with Crippen LogP contribution in [0.2, 0.25) is 0 Å². The van der Waals surface area contributed by atoms with Gasteiger partial charge in [0.25, 0.3) is 0 Å². The lowest BCUT2D eigenvalue weighted by molar-refractivity contribution is 0.379. The van der Waals surface area contributed by atoms with Crippen LogP contribution in [0.4, 0.5) is 0 Å². The average molecular weight is 243 g/mol. The number of aromatic nitrogens is 2. The van der Waals surface area contributed by atoms with E-state index >= 15 is 0 Å². The van der Waals surface area contributed by atoms with Crippen LogP contribution in [0.5, 0.6) is 0 Å². The molecule has 1 saturated carbocycles. The first-order chi connectivity index (χ1) is 8.48. The first-order valence-corrected chi connectivity index (χ1v) is 6.66. The highest BCUT2D eigenvalue weighted by Crippen LogP contribution is 2.48. The maximum Gasteiger partial charge on any atom is 0.117 e. The molecule has 0 bridgehead atoms. The van der Waals surface area contributed by atoms with Crippen molar-refractivity contribution >= 4 is 11.0 Å². The Morgan fingerprint density at radius 1 is 1.28 bits per heavy atom. The third-order valence-corrected chi connectivity index (χ3v) is 3.95. The molecule has 96 valence electrons. The van der Waals surface area contributed by atoms with E-state index in [9.17, 15) is 0 Å². The van der Waals surface area contributed by atoms with E-state index in [2.05, 4.69) is 43.5 Å². The molecule has 18 heavy (non-hydrogen) atoms. The van der Waals surface area contributed by atoms with Crippen LogP contribution in [-0.2, 0) is 11.0 Å². The third kappa shape index (κ3) is 1.57. The van der Waals surface area contributed by atoms with Crippen molar-refractivity contribution < 1.29 is 0 Å². The van der Waals surface area contributed by atoms with E-state index in [0.717, 1.165) is 5.52 Å². The Kier molecular flexibility index (Phi) is 2.33. The number of hydrogen-bond acceptors (Lipinski definition) is 2. The van der Waals surface area contributed by atoms with Gasteiger partial charge in [-0.2, -0.15) is 0 Å². The molecule has 0 unspecified atom stereocenters. The molecule has 2 N–H and O–H groups in total. The molecule has 0 spiro atoms. The van der Waals surface area contributed by atoms with Gasteiger partial charge in [0.2, 0.25) is 0 Å². The summed E-state index contributed by atoms with van der Waals surface area (Å²) < 4.78 is 2.38. The monoisotopic (exact) mass is 243 g/mol. The quantitative estimate of drug-likeness (QED) is 0.881. The fourth-order valence-electron chi connectivity index (χ4n) is 2.73. The predicted molar refractivity (Wildman–Crippen MR) is 74.7 cm³/mol. The minimum atomic E-state index is 0.0379. The maximum absolute atomic E-state index is 5.98. The Balaban J connectivity index is 2.31. The number of para-hydroxylation sites is 2. The van der Waals surface area contributed by atoms with Crippen LogP contribution in [0, 0.1) is 0 Å². The predicted octanol–water partition coefficient (Wildman–Crippen LogP) is 2.78. The summed E-state index contributed by atoms with van der Waals surface area (Å²) in [6, 6.07) is 8.38. The van der Waals surface area contributed by atoms with Gasteiger partial charge in [-0.25, -0.2) is 4.98 Å². The zero-order valence-electron chi connectivity index (χ0n) is 11.4. The van der Waals surface area contributed by atoms with Gasteiger partial charge >= 0.3 is 0 Å². The summed E-state index contributed by atoms with van der Waals surface area (Å²) in [5.41, 5.74) is 8.46. The molecular formula is C15H21N3. The summed E-state index contributed by atoms with van der Waals surface area (Å²) in [7, 11) is 0. The van der Waals surface area contributed by atoms with E-state index < -0.39 is 0 Å². The molecule has 0 saturated heterocycles. The van der Waals surface area contributed by atoms with Crippen molar-refractivity contribution in [3.05, 3.63) is 30.1 Å². The van der Waals surface area contributed by atoms with Crippen molar-refractivity contribution in [3.8, 4) is 0 Å². The second-order valence-corrected chi connectivity index (χ2v) is 6.41. The molecule has 1 aliphatic rings. The van der Waals surface area contributed by atoms with Crippen molar-refractivity contribution in [2.75, 3.05) is 6.54 Å². The molecule has 0 atom stereocenters. The highest BCUT2D eigenvalue weighted by Gasteiger charge is 2.48. The van der Waals surface area contributed by atoms with Crippen molar-refractivity contribution in [2.45, 2.75) is 44.6 Å². The Hall–Kier alpha value is -1.35. The van der Waals surface area contributed by atoms with E-state index in [1.807, 2.05) is 6.07 Å². The SMILES string of the molecule is CC(C)(C)n1c(C2(CN)CC2)nc2ccccc21. The Labute approximate surface area is 108 Å². The Bertz CT molecular complexity index is 585. The van der Waals surface area contributed by atoms with Gasteiger partial charge in [-0.15, -0.1) is 0 Å². The van der Waals surface area contributed by atoms with E-state index in [1.54, 1.807) is 0 Å². The zero-order valence-corrected chi connectivity index (χ0v) is 11.4. The average Bonchev–Trinajstić information content (AvgIpc) is 3.01. The molecule has 0 aliphatic heterocycles. The van der Waals surface area contributed by atoms with Gasteiger partial charge < -0.3 is 10.3 Å². The van der Waals surface area contributed by atoms with E-state index in [-0.39, 0.29) is 11.0 Å². The fraction of sp³-hybridized carbons (Fsp3) is 0.533. The zero-order chi connectivity index (χ0) is 13.0. The molecule has 1 aliphatic carbocycles. The van der Waals surface area contributed by atoms with Crippen molar-refractivity contribution in [1.82, 2.24) is 9.55 Å². The van der Waals surface area contributed by atoms with Gasteiger partial charge in [-0.3, -0.25) is 0 Å². The van der Waals surface area contributed by atoms with Crippen LogP contribution in [0.3, 0.4) is 0 Å². The summed E-state index contributed by atoms with van der Waals surface area (Å²) in [4.78, 5) is 4.87. The number of nitrogens with zero attached hydrogens (tertiary/aromatic N) is 2. The highest BCUT2D eigenvalue weighted by atomic mass is 15.2. The van der Waals surface area contributed by atoms with Gasteiger partial charge in [0.1, 0.15) is 5.82 Å². The molecule has 2 aromatic rings. The fourth-order valence-corrected chi connectivity index (χ4v) is 2.73. The largest absolute Gasteiger partial charge is 0.329 e. The van der Waals surface area contributed by atoms with Crippen LogP contribution in [0.25, 0.3) is 11.0 Å². The van der Waals surface area contributed by atoms with E-state index in [1.165, 1.54) is 24.2 Å². The van der Waals surface area contributed by atoms with Crippen LogP contribution in [0.15, 0.2) is 24.3 Å². The minimum Gasteiger partial charge on any atom is -0.329 e. The summed E-state index contributed by atoms with van der Waals surface area (Å²) in [5.74, 6) is 1.18. The van der Waals surface area contributed by atoms with Gasteiger partial charge in [-0.05, 0) is 45.7 Å². The molecule has 3 rings (SSSR count). The molecule has 0 amide bonds. The Morgan fingerprint density at radius 2 is 1.94 bits per heavy atom. The molecule has 1 aromatic heterocycles. The number of benzene rings is 1. The molecule has 1 heterocycles. The lowest BCUT2D eigenvalue weighted by Crippen LogP contribution is -2.31. The second kappa shape index (κ2) is 3.58. The lowest BCUT2D eigenvalue weighted by atomic mass is 10.0. The molecule has 0 radical (unpaired) electrons. The van der Waals surface area contributed by atoms with Crippen LogP contribution in [-0.4, -0.2) is 16.1 Å². The number of fused-ring (bicyclic) bond motifs is 1. The molecular weight excluding hydrogens is 222 g/mol. The second-order valence-electron chi connectivity index (χ2n) is 6.41. The normalized spacial score (nSPS) is 18.2. The highest BCUT2D eigenvalue weighted by molar-refractivity contribution is 5.76. The molecule has 3 nitrogen and oxygen atoms in total. The Morgan fingerprint density at radius 3 is 2.50 bits per heavy atom. The van der Waals surface area contributed by atoms with Crippen LogP contribution in [0.1, 0.15) is 39.4 Å². The van der Waals surface area contributed by atoms with Crippen molar-refractivity contribution in [1.29, 1.82) is 0 Å². The number of nitrogens with two attached hydrogens (primary N) is 1. The smallest absolute Gasteiger partial charge is 0.117 e. The minimum absolute atomic E-state index is 0.0379. The number of rotatable bonds is 2. The standard InChI is InChI=1S/C15H21N3/c1-14(2,3)18-12-7-5-4-6-11(12)17-13(18)15(10-16)8-9-15/h4-7H,8-10,16H2,1-3H3. The van der Waals surface area contributed by atoms with Crippen molar-refractivity contribution in [3.63, 3.8) is 0 Å². The summed E-state index contributed by atoms with van der Waals surface area (Å²) in [6.45, 7) is 7.40. The number of imidazole rings is 1. The topological polar surface area (TPSA) is 43.8 Å². The van der Waals surface area contributed by atoms with Crippen LogP contribution >= 0.6 is 0 Å². The van der Waals surface area contributed by atoms with E-state index in [0.29, 0.717) is 6.54 Å². The molecule has 3 heteroatoms. The van der Waals surface area contributed by atoms with E-state index in [4.69, 9.17) is 10.7 Å². The lowest BCUT2D eigenvalue weighted by Gasteiger charge is -2.27. The summed E-state index contributed by atoms with van der Waals surface area (Å²) >= 11 is 0. The molecule has 1 aromatic carbocycles. The van der Waals surface area contributed by atoms with Crippen molar-refractivity contribution in [2.24, 2.45) is 5.73 Å². The van der Waals surface area contributed by atoms with Gasteiger partial charge in [-0.1, -0.05) is 12.1 Å². The number of hydrogen-bond donors (Lipinski definition) is 1. The van der Waals surface area contributed by atoms with Gasteiger partial charge in [0.15, 0.2) is 0 Å². The summed E-state index contributed by atoms with van der Waals surface area (Å²) in [5, 5.41) is 0. The third-order valence-electron chi connectivity index (χ3n) is 3.95. The van der Waals surface area contributed by atoms with Crippen LogP contribution < -0.4 is 5.73 Å².